The molecular formula is C13H12O2S. The second kappa shape index (κ2) is 4.49. The van der Waals surface area contributed by atoms with E-state index < -0.39 is 5.97 Å². The lowest BCUT2D eigenvalue weighted by atomic mass is 9.98. The van der Waals surface area contributed by atoms with Crippen molar-refractivity contribution in [3.05, 3.63) is 57.8 Å². The predicted molar refractivity (Wildman–Crippen MR) is 65.2 cm³/mol. The van der Waals surface area contributed by atoms with Gasteiger partial charge in [-0.1, -0.05) is 25.1 Å². The summed E-state index contributed by atoms with van der Waals surface area (Å²) < 4.78 is 0. The molecule has 1 heterocycles. The van der Waals surface area contributed by atoms with Crippen molar-refractivity contribution in [2.24, 2.45) is 0 Å². The number of carbonyl (C=O) groups is 1. The maximum atomic E-state index is 10.7. The number of thiophene rings is 1. The lowest BCUT2D eigenvalue weighted by molar-refractivity contribution is 0.0697. The molecule has 3 heteroatoms. The van der Waals surface area contributed by atoms with Gasteiger partial charge in [0.25, 0.3) is 0 Å². The van der Waals surface area contributed by atoms with Crippen LogP contribution in [-0.2, 0) is 0 Å². The maximum Gasteiger partial charge on any atom is 0.335 e. The molecule has 0 spiro atoms. The molecule has 0 radical (unpaired) electrons. The molecule has 1 N–H and O–H groups in total. The molecule has 16 heavy (non-hydrogen) atoms. The van der Waals surface area contributed by atoms with Gasteiger partial charge < -0.3 is 5.11 Å². The molecule has 1 aromatic carbocycles. The van der Waals surface area contributed by atoms with Crippen LogP contribution in [0.25, 0.3) is 0 Å². The second-order valence-corrected chi connectivity index (χ2v) is 4.64. The number of hydrogen-bond acceptors (Lipinski definition) is 2. The van der Waals surface area contributed by atoms with E-state index in [1.165, 1.54) is 4.88 Å². The van der Waals surface area contributed by atoms with Crippen molar-refractivity contribution < 1.29 is 9.90 Å². The lowest BCUT2D eigenvalue weighted by Crippen LogP contribution is -1.98. The van der Waals surface area contributed by atoms with Crippen LogP contribution in [0, 0.1) is 0 Å². The highest BCUT2D eigenvalue weighted by Gasteiger charge is 2.10. The Kier molecular flexibility index (Phi) is 3.06. The molecule has 0 amide bonds. The van der Waals surface area contributed by atoms with E-state index in [9.17, 15) is 4.79 Å². The summed E-state index contributed by atoms with van der Waals surface area (Å²) in [5.41, 5.74) is 1.48. The molecule has 2 nitrogen and oxygen atoms in total. The first kappa shape index (κ1) is 10.9. The van der Waals surface area contributed by atoms with Crippen LogP contribution in [0.15, 0.2) is 41.8 Å². The summed E-state index contributed by atoms with van der Waals surface area (Å²) in [5, 5.41) is 10.9. The van der Waals surface area contributed by atoms with Gasteiger partial charge in [0.15, 0.2) is 0 Å². The van der Waals surface area contributed by atoms with Crippen LogP contribution in [0.3, 0.4) is 0 Å². The Hall–Kier alpha value is -1.61. The molecule has 0 saturated carbocycles. The first-order chi connectivity index (χ1) is 7.68. The van der Waals surface area contributed by atoms with Gasteiger partial charge in [-0.25, -0.2) is 4.79 Å². The van der Waals surface area contributed by atoms with E-state index in [1.54, 1.807) is 23.5 Å². The summed E-state index contributed by atoms with van der Waals surface area (Å²) in [4.78, 5) is 12.0. The van der Waals surface area contributed by atoms with Gasteiger partial charge in [0.2, 0.25) is 0 Å². The molecule has 1 aromatic heterocycles. The Morgan fingerprint density at radius 2 is 1.94 bits per heavy atom. The monoisotopic (exact) mass is 232 g/mol. The van der Waals surface area contributed by atoms with Gasteiger partial charge in [0, 0.05) is 10.8 Å². The van der Waals surface area contributed by atoms with Crippen molar-refractivity contribution >= 4 is 17.3 Å². The van der Waals surface area contributed by atoms with E-state index in [0.717, 1.165) is 5.56 Å². The van der Waals surface area contributed by atoms with E-state index in [2.05, 4.69) is 18.4 Å². The predicted octanol–water partition coefficient (Wildman–Crippen LogP) is 3.60. The van der Waals surface area contributed by atoms with Crippen molar-refractivity contribution in [1.29, 1.82) is 0 Å². The zero-order chi connectivity index (χ0) is 11.5. The fourth-order valence-corrected chi connectivity index (χ4v) is 2.43. The smallest absolute Gasteiger partial charge is 0.335 e. The van der Waals surface area contributed by atoms with Crippen molar-refractivity contribution in [1.82, 2.24) is 0 Å². The van der Waals surface area contributed by atoms with Gasteiger partial charge >= 0.3 is 5.97 Å². The Balaban J connectivity index is 2.25. The number of carboxylic acids is 1. The van der Waals surface area contributed by atoms with Crippen LogP contribution in [0.1, 0.15) is 33.6 Å². The number of hydrogen-bond donors (Lipinski definition) is 1. The van der Waals surface area contributed by atoms with Gasteiger partial charge in [-0.2, -0.15) is 0 Å². The molecule has 82 valence electrons. The Morgan fingerprint density at radius 1 is 1.25 bits per heavy atom. The maximum absolute atomic E-state index is 10.7. The molecule has 0 aliphatic heterocycles. The summed E-state index contributed by atoms with van der Waals surface area (Å²) in [5.74, 6) is -0.557. The number of benzene rings is 1. The molecule has 1 atom stereocenters. The fraction of sp³-hybridized carbons (Fsp3) is 0.154. The van der Waals surface area contributed by atoms with Crippen molar-refractivity contribution in [3.8, 4) is 0 Å². The van der Waals surface area contributed by atoms with Crippen molar-refractivity contribution in [3.63, 3.8) is 0 Å². The van der Waals surface area contributed by atoms with Crippen LogP contribution in [0.5, 0.6) is 0 Å². The lowest BCUT2D eigenvalue weighted by Gasteiger charge is -2.09. The average molecular weight is 232 g/mol. The fourth-order valence-electron chi connectivity index (χ4n) is 1.62. The van der Waals surface area contributed by atoms with Crippen LogP contribution < -0.4 is 0 Å². The van der Waals surface area contributed by atoms with Crippen LogP contribution in [0.2, 0.25) is 0 Å². The third-order valence-electron chi connectivity index (χ3n) is 2.63. The third kappa shape index (κ3) is 2.14. The number of rotatable bonds is 3. The van der Waals surface area contributed by atoms with E-state index in [4.69, 9.17) is 5.11 Å². The minimum absolute atomic E-state index is 0.322. The molecule has 0 saturated heterocycles. The van der Waals surface area contributed by atoms with Gasteiger partial charge in [0.05, 0.1) is 5.56 Å². The van der Waals surface area contributed by atoms with E-state index in [0.29, 0.717) is 11.5 Å². The highest BCUT2D eigenvalue weighted by atomic mass is 32.1. The Labute approximate surface area is 98.2 Å². The first-order valence-corrected chi connectivity index (χ1v) is 5.93. The zero-order valence-corrected chi connectivity index (χ0v) is 9.70. The van der Waals surface area contributed by atoms with E-state index in [-0.39, 0.29) is 0 Å². The van der Waals surface area contributed by atoms with Gasteiger partial charge in [-0.05, 0) is 29.1 Å². The SMILES string of the molecule is CC(c1ccc(C(=O)O)cc1)c1cccs1. The summed E-state index contributed by atoms with van der Waals surface area (Å²) in [6, 6.07) is 11.2. The van der Waals surface area contributed by atoms with Gasteiger partial charge in [-0.15, -0.1) is 11.3 Å². The minimum Gasteiger partial charge on any atom is -0.478 e. The molecule has 1 unspecified atom stereocenters. The van der Waals surface area contributed by atoms with Crippen molar-refractivity contribution in [2.75, 3.05) is 0 Å². The average Bonchev–Trinajstić information content (AvgIpc) is 2.81. The normalized spacial score (nSPS) is 12.3. The summed E-state index contributed by atoms with van der Waals surface area (Å²) in [6.45, 7) is 2.13. The van der Waals surface area contributed by atoms with Gasteiger partial charge in [0.1, 0.15) is 0 Å². The molecule has 0 bridgehead atoms. The summed E-state index contributed by atoms with van der Waals surface area (Å²) in [7, 11) is 0. The highest BCUT2D eigenvalue weighted by Crippen LogP contribution is 2.27. The van der Waals surface area contributed by atoms with E-state index >= 15 is 0 Å². The first-order valence-electron chi connectivity index (χ1n) is 5.05. The standard InChI is InChI=1S/C13H12O2S/c1-9(12-3-2-8-16-12)10-4-6-11(7-5-10)13(14)15/h2-9H,1H3,(H,14,15). The number of aromatic carboxylic acids is 1. The molecule has 2 aromatic rings. The zero-order valence-electron chi connectivity index (χ0n) is 8.88. The van der Waals surface area contributed by atoms with Crippen LogP contribution >= 0.6 is 11.3 Å². The highest BCUT2D eigenvalue weighted by molar-refractivity contribution is 7.10. The Bertz CT molecular complexity index is 471. The molecule has 0 fully saturated rings. The summed E-state index contributed by atoms with van der Waals surface area (Å²) >= 11 is 1.72. The topological polar surface area (TPSA) is 37.3 Å². The molecule has 0 aliphatic carbocycles. The third-order valence-corrected chi connectivity index (χ3v) is 3.68. The van der Waals surface area contributed by atoms with Crippen molar-refractivity contribution in [2.45, 2.75) is 12.8 Å². The molecule has 0 aliphatic rings. The van der Waals surface area contributed by atoms with E-state index in [1.807, 2.05) is 18.2 Å². The van der Waals surface area contributed by atoms with Gasteiger partial charge in [-0.3, -0.25) is 0 Å². The largest absolute Gasteiger partial charge is 0.478 e. The minimum atomic E-state index is -0.879. The molecule has 2 rings (SSSR count). The second-order valence-electron chi connectivity index (χ2n) is 3.66. The molecular weight excluding hydrogens is 220 g/mol. The van der Waals surface area contributed by atoms with Crippen LogP contribution in [0.4, 0.5) is 0 Å². The number of carboxylic acid groups (broad SMARTS) is 1. The Morgan fingerprint density at radius 3 is 2.44 bits per heavy atom. The van der Waals surface area contributed by atoms with Crippen LogP contribution in [-0.4, -0.2) is 11.1 Å². The quantitative estimate of drug-likeness (QED) is 0.878. The summed E-state index contributed by atoms with van der Waals surface area (Å²) in [6.07, 6.45) is 0.